The van der Waals surface area contributed by atoms with E-state index in [9.17, 15) is 9.59 Å². The van der Waals surface area contributed by atoms with E-state index in [4.69, 9.17) is 9.47 Å². The Morgan fingerprint density at radius 1 is 0.943 bits per heavy atom. The van der Waals surface area contributed by atoms with Crippen molar-refractivity contribution < 1.29 is 19.1 Å². The first-order chi connectivity index (χ1) is 16.7. The Morgan fingerprint density at radius 3 is 2.14 bits per heavy atom. The van der Waals surface area contributed by atoms with Crippen molar-refractivity contribution in [3.8, 4) is 0 Å². The summed E-state index contributed by atoms with van der Waals surface area (Å²) in [7, 11) is 0. The van der Waals surface area contributed by atoms with Crippen LogP contribution in [0.2, 0.25) is 0 Å². The minimum absolute atomic E-state index is 0.140. The highest BCUT2D eigenvalue weighted by Crippen LogP contribution is 2.18. The van der Waals surface area contributed by atoms with E-state index < -0.39 is 29.6 Å². The van der Waals surface area contributed by atoms with Crippen molar-refractivity contribution in [3.05, 3.63) is 90.0 Å². The van der Waals surface area contributed by atoms with Gasteiger partial charge in [-0.2, -0.15) is 0 Å². The first kappa shape index (κ1) is 26.2. The molecule has 1 unspecified atom stereocenters. The largest absolute Gasteiger partial charge is 0.460 e. The molecule has 7 heteroatoms. The van der Waals surface area contributed by atoms with Crippen molar-refractivity contribution in [1.82, 2.24) is 15.3 Å². The number of hydrogen-bond acceptors (Lipinski definition) is 6. The SMILES string of the molecule is C[C@H](Cc1ccccc1)C(N[C@@H](Cc1cnc[nH]1)C(=O)OCc1ccccc1)C(=O)OC(C)(C)C. The summed E-state index contributed by atoms with van der Waals surface area (Å²) in [5.41, 5.74) is 2.10. The van der Waals surface area contributed by atoms with E-state index in [1.165, 1.54) is 0 Å². The van der Waals surface area contributed by atoms with Gasteiger partial charge in [0.1, 0.15) is 24.3 Å². The number of nitrogens with one attached hydrogen (secondary N) is 2. The Morgan fingerprint density at radius 2 is 1.57 bits per heavy atom. The molecule has 35 heavy (non-hydrogen) atoms. The van der Waals surface area contributed by atoms with E-state index in [0.717, 1.165) is 16.8 Å². The van der Waals surface area contributed by atoms with E-state index in [-0.39, 0.29) is 12.5 Å². The highest BCUT2D eigenvalue weighted by atomic mass is 16.6. The van der Waals surface area contributed by atoms with Crippen LogP contribution in [0.4, 0.5) is 0 Å². The Labute approximate surface area is 207 Å². The minimum atomic E-state index is -0.769. The van der Waals surface area contributed by atoms with E-state index >= 15 is 0 Å². The second kappa shape index (κ2) is 12.3. The van der Waals surface area contributed by atoms with Crippen LogP contribution in [-0.4, -0.2) is 39.6 Å². The Kier molecular flexibility index (Phi) is 9.20. The normalized spacial score (nSPS) is 14.1. The Balaban J connectivity index is 1.80. The lowest BCUT2D eigenvalue weighted by Gasteiger charge is -2.30. The van der Waals surface area contributed by atoms with Crippen molar-refractivity contribution in [1.29, 1.82) is 0 Å². The molecule has 3 rings (SSSR count). The molecule has 1 aromatic heterocycles. The third kappa shape index (κ3) is 8.68. The maximum atomic E-state index is 13.3. The number of carbonyl (C=O) groups excluding carboxylic acids is 2. The van der Waals surface area contributed by atoms with E-state index in [0.29, 0.717) is 12.8 Å². The quantitative estimate of drug-likeness (QED) is 0.401. The Hall–Kier alpha value is -3.45. The molecular formula is C28H35N3O4. The van der Waals surface area contributed by atoms with E-state index in [1.807, 2.05) is 88.4 Å². The lowest BCUT2D eigenvalue weighted by Crippen LogP contribution is -2.53. The number of ether oxygens (including phenoxy) is 2. The maximum absolute atomic E-state index is 13.3. The smallest absolute Gasteiger partial charge is 0.323 e. The molecule has 0 fully saturated rings. The molecule has 0 radical (unpaired) electrons. The molecule has 0 aliphatic carbocycles. The topological polar surface area (TPSA) is 93.3 Å². The van der Waals surface area contributed by atoms with Crippen molar-refractivity contribution in [2.45, 2.75) is 64.8 Å². The summed E-state index contributed by atoms with van der Waals surface area (Å²) in [6, 6.07) is 18.0. The van der Waals surface area contributed by atoms with Gasteiger partial charge in [0.15, 0.2) is 0 Å². The van der Waals surface area contributed by atoms with Crippen LogP contribution in [-0.2, 0) is 38.5 Å². The molecule has 0 aliphatic rings. The lowest BCUT2D eigenvalue weighted by molar-refractivity contribution is -0.160. The fourth-order valence-corrected chi connectivity index (χ4v) is 3.81. The molecule has 1 heterocycles. The first-order valence-electron chi connectivity index (χ1n) is 11.9. The summed E-state index contributed by atoms with van der Waals surface area (Å²) >= 11 is 0. The first-order valence-corrected chi connectivity index (χ1v) is 11.9. The van der Waals surface area contributed by atoms with Gasteiger partial charge in [-0.1, -0.05) is 67.6 Å². The maximum Gasteiger partial charge on any atom is 0.323 e. The number of rotatable bonds is 11. The van der Waals surface area contributed by atoms with Gasteiger partial charge in [-0.25, -0.2) is 4.98 Å². The third-order valence-corrected chi connectivity index (χ3v) is 5.50. The van der Waals surface area contributed by atoms with Gasteiger partial charge >= 0.3 is 11.9 Å². The van der Waals surface area contributed by atoms with Crippen LogP contribution in [0, 0.1) is 5.92 Å². The highest BCUT2D eigenvalue weighted by molar-refractivity contribution is 5.80. The third-order valence-electron chi connectivity index (χ3n) is 5.50. The molecule has 0 aliphatic heterocycles. The fourth-order valence-electron chi connectivity index (χ4n) is 3.81. The second-order valence-corrected chi connectivity index (χ2v) is 9.77. The molecule has 2 N–H and O–H groups in total. The molecule has 2 aromatic carbocycles. The van der Waals surface area contributed by atoms with Crippen LogP contribution >= 0.6 is 0 Å². The molecule has 0 bridgehead atoms. The molecule has 3 atom stereocenters. The number of nitrogens with zero attached hydrogens (tertiary/aromatic N) is 1. The number of aromatic nitrogens is 2. The van der Waals surface area contributed by atoms with Crippen LogP contribution in [0.15, 0.2) is 73.2 Å². The average Bonchev–Trinajstić information content (AvgIpc) is 3.33. The van der Waals surface area contributed by atoms with E-state index in [2.05, 4.69) is 15.3 Å². The van der Waals surface area contributed by atoms with Crippen LogP contribution in [0.5, 0.6) is 0 Å². The lowest BCUT2D eigenvalue weighted by atomic mass is 9.92. The molecule has 7 nitrogen and oxygen atoms in total. The fraction of sp³-hybridized carbons (Fsp3) is 0.393. The summed E-state index contributed by atoms with van der Waals surface area (Å²) in [4.78, 5) is 33.6. The number of aromatic amines is 1. The van der Waals surface area contributed by atoms with Gasteiger partial charge in [0, 0.05) is 18.3 Å². The van der Waals surface area contributed by atoms with Gasteiger partial charge < -0.3 is 14.5 Å². The van der Waals surface area contributed by atoms with Gasteiger partial charge in [0.25, 0.3) is 0 Å². The number of hydrogen-bond donors (Lipinski definition) is 2. The number of imidazole rings is 1. The van der Waals surface area contributed by atoms with Gasteiger partial charge in [-0.3, -0.25) is 14.9 Å². The molecule has 0 spiro atoms. The highest BCUT2D eigenvalue weighted by Gasteiger charge is 2.34. The van der Waals surface area contributed by atoms with Crippen molar-refractivity contribution >= 4 is 11.9 Å². The minimum Gasteiger partial charge on any atom is -0.460 e. The molecule has 0 amide bonds. The predicted octanol–water partition coefficient (Wildman–Crippen LogP) is 4.24. The summed E-state index contributed by atoms with van der Waals surface area (Å²) in [5, 5.41) is 3.27. The number of esters is 2. The molecule has 3 aromatic rings. The van der Waals surface area contributed by atoms with Gasteiger partial charge in [-0.15, -0.1) is 0 Å². The summed E-state index contributed by atoms with van der Waals surface area (Å²) in [5.74, 6) is -0.978. The average molecular weight is 478 g/mol. The monoisotopic (exact) mass is 477 g/mol. The van der Waals surface area contributed by atoms with Crippen molar-refractivity contribution in [3.63, 3.8) is 0 Å². The molecule has 0 saturated carbocycles. The van der Waals surface area contributed by atoms with Gasteiger partial charge in [0.05, 0.1) is 6.33 Å². The predicted molar refractivity (Wildman–Crippen MR) is 134 cm³/mol. The zero-order chi connectivity index (χ0) is 25.3. The molecule has 186 valence electrons. The van der Waals surface area contributed by atoms with E-state index in [1.54, 1.807) is 12.5 Å². The van der Waals surface area contributed by atoms with Crippen molar-refractivity contribution in [2.75, 3.05) is 0 Å². The van der Waals surface area contributed by atoms with Gasteiger partial charge in [-0.05, 0) is 44.2 Å². The van der Waals surface area contributed by atoms with Crippen LogP contribution in [0.1, 0.15) is 44.5 Å². The molecular weight excluding hydrogens is 442 g/mol. The van der Waals surface area contributed by atoms with Gasteiger partial charge in [0.2, 0.25) is 0 Å². The number of H-pyrrole nitrogens is 1. The standard InChI is InChI=1S/C28H35N3O4/c1-20(15-21-11-7-5-8-12-21)25(27(33)35-28(2,3)4)31-24(16-23-17-29-19-30-23)26(32)34-18-22-13-9-6-10-14-22/h5-14,17,19-20,24-25,31H,15-16,18H2,1-4H3,(H,29,30)/t20-,24+,25?/m1/s1. The van der Waals surface area contributed by atoms with Crippen LogP contribution in [0.3, 0.4) is 0 Å². The number of benzene rings is 2. The zero-order valence-electron chi connectivity index (χ0n) is 20.9. The summed E-state index contributed by atoms with van der Waals surface area (Å²) in [6.45, 7) is 7.63. The summed E-state index contributed by atoms with van der Waals surface area (Å²) < 4.78 is 11.4. The van der Waals surface area contributed by atoms with Crippen LogP contribution < -0.4 is 5.32 Å². The van der Waals surface area contributed by atoms with Crippen LogP contribution in [0.25, 0.3) is 0 Å². The Bertz CT molecular complexity index is 1050. The molecule has 0 saturated heterocycles. The summed E-state index contributed by atoms with van der Waals surface area (Å²) in [6.07, 6.45) is 4.17. The number of carbonyl (C=O) groups is 2. The van der Waals surface area contributed by atoms with Crippen molar-refractivity contribution in [2.24, 2.45) is 5.92 Å². The zero-order valence-corrected chi connectivity index (χ0v) is 20.9. The second-order valence-electron chi connectivity index (χ2n) is 9.77.